The van der Waals surface area contributed by atoms with Gasteiger partial charge in [-0.25, -0.2) is 0 Å². The molecule has 0 unspecified atom stereocenters. The van der Waals surface area contributed by atoms with Crippen LogP contribution in [0.2, 0.25) is 19.1 Å². The number of hydrogen-bond acceptors (Lipinski definition) is 0. The molecule has 0 N–H and O–H groups in total. The maximum absolute atomic E-state index is 6.29. The molecule has 0 amide bonds. The molecule has 84 valence electrons. The van der Waals surface area contributed by atoms with Crippen LogP contribution in [-0.4, -0.2) is 7.38 Å². The number of rotatable bonds is 4. The predicted octanol–water partition coefficient (Wildman–Crippen LogP) is 5.09. The summed E-state index contributed by atoms with van der Waals surface area (Å²) >= 11 is 18.2. The van der Waals surface area contributed by atoms with E-state index >= 15 is 0 Å². The van der Waals surface area contributed by atoms with Crippen molar-refractivity contribution >= 4 is 52.9 Å². The van der Waals surface area contributed by atoms with Gasteiger partial charge in [-0.15, -0.1) is 0 Å². The van der Waals surface area contributed by atoms with Crippen LogP contribution in [0.15, 0.2) is 24.3 Å². The molecule has 5 heteroatoms. The van der Waals surface area contributed by atoms with E-state index < -0.39 is 14.0 Å². The molecule has 0 nitrogen and oxygen atoms in total. The van der Waals surface area contributed by atoms with Gasteiger partial charge in [-0.05, 0) is 18.0 Å². The van der Waals surface area contributed by atoms with E-state index in [0.29, 0.717) is 0 Å². The standard InChI is InChI=1S/C10H14Cl3PSi/c1-15(2,13)8-7-9-5-3-4-6-10(9)14(11)12/h3-6H,7-8H2,1-2H3. The summed E-state index contributed by atoms with van der Waals surface area (Å²) in [6, 6.07) is 9.15. The summed E-state index contributed by atoms with van der Waals surface area (Å²) in [5.41, 5.74) is 1.25. The second-order valence-electron chi connectivity index (χ2n) is 4.08. The smallest absolute Gasteiger partial charge is 0.150 e. The number of aryl methyl sites for hydroxylation is 1. The lowest BCUT2D eigenvalue weighted by atomic mass is 10.2. The highest BCUT2D eigenvalue weighted by atomic mass is 35.9. The predicted molar refractivity (Wildman–Crippen MR) is 76.5 cm³/mol. The van der Waals surface area contributed by atoms with E-state index in [1.165, 1.54) is 5.56 Å². The molecule has 1 rings (SSSR count). The molecule has 0 aliphatic heterocycles. The second-order valence-corrected chi connectivity index (χ2v) is 14.6. The molecule has 0 aliphatic carbocycles. The van der Waals surface area contributed by atoms with E-state index in [4.69, 9.17) is 33.6 Å². The Morgan fingerprint density at radius 2 is 1.80 bits per heavy atom. The lowest BCUT2D eigenvalue weighted by molar-refractivity contribution is 1.12. The zero-order chi connectivity index (χ0) is 11.5. The molecule has 1 aromatic carbocycles. The van der Waals surface area contributed by atoms with Crippen LogP contribution in [0.3, 0.4) is 0 Å². The average Bonchev–Trinajstić information content (AvgIpc) is 2.14. The van der Waals surface area contributed by atoms with Crippen LogP contribution in [-0.2, 0) is 6.42 Å². The van der Waals surface area contributed by atoms with Crippen molar-refractivity contribution in [1.29, 1.82) is 0 Å². The SMILES string of the molecule is C[Si](C)(Cl)CCc1ccccc1P(Cl)Cl. The van der Waals surface area contributed by atoms with Gasteiger partial charge in [0, 0.05) is 5.30 Å². The van der Waals surface area contributed by atoms with Crippen LogP contribution < -0.4 is 5.30 Å². The third kappa shape index (κ3) is 5.06. The van der Waals surface area contributed by atoms with E-state index in [1.807, 2.05) is 18.2 Å². The Kier molecular flexibility index (Phi) is 5.41. The summed E-state index contributed by atoms with van der Waals surface area (Å²) in [7, 11) is -1.50. The third-order valence-electron chi connectivity index (χ3n) is 2.16. The maximum Gasteiger partial charge on any atom is 0.150 e. The second kappa shape index (κ2) is 5.89. The van der Waals surface area contributed by atoms with Crippen LogP contribution in [0.4, 0.5) is 0 Å². The summed E-state index contributed by atoms with van der Waals surface area (Å²) in [4.78, 5) is 0. The van der Waals surface area contributed by atoms with E-state index in [1.54, 1.807) is 0 Å². The molecule has 0 saturated carbocycles. The zero-order valence-corrected chi connectivity index (χ0v) is 13.0. The van der Waals surface area contributed by atoms with E-state index in [-0.39, 0.29) is 0 Å². The fourth-order valence-electron chi connectivity index (χ4n) is 1.32. The Labute approximate surface area is 108 Å². The van der Waals surface area contributed by atoms with Gasteiger partial charge in [0.1, 0.15) is 6.63 Å². The summed E-state index contributed by atoms with van der Waals surface area (Å²) < 4.78 is 0. The summed E-state index contributed by atoms with van der Waals surface area (Å²) in [5, 5.41) is 1.07. The van der Waals surface area contributed by atoms with Gasteiger partial charge in [-0.2, -0.15) is 11.1 Å². The van der Waals surface area contributed by atoms with Crippen molar-refractivity contribution in [3.63, 3.8) is 0 Å². The molecular weight excluding hydrogens is 286 g/mol. The van der Waals surface area contributed by atoms with Crippen molar-refractivity contribution in [3.05, 3.63) is 29.8 Å². The number of benzene rings is 1. The fraction of sp³-hybridized carbons (Fsp3) is 0.400. The number of hydrogen-bond donors (Lipinski definition) is 0. The molecule has 15 heavy (non-hydrogen) atoms. The largest absolute Gasteiger partial charge is 0.168 e. The molecular formula is C10H14Cl3PSi. The van der Waals surface area contributed by atoms with Crippen molar-refractivity contribution in [2.45, 2.75) is 25.6 Å². The molecule has 0 heterocycles. The first-order chi connectivity index (χ1) is 6.90. The van der Waals surface area contributed by atoms with E-state index in [0.717, 1.165) is 17.8 Å². The minimum absolute atomic E-state index is 0.983. The summed E-state index contributed by atoms with van der Waals surface area (Å²) in [6.07, 6.45) is 0.983. The van der Waals surface area contributed by atoms with Crippen molar-refractivity contribution in [3.8, 4) is 0 Å². The lowest BCUT2D eigenvalue weighted by Crippen LogP contribution is -2.18. The quantitative estimate of drug-likeness (QED) is 0.413. The van der Waals surface area contributed by atoms with Gasteiger partial charge in [0.2, 0.25) is 0 Å². The monoisotopic (exact) mass is 298 g/mol. The molecule has 1 aromatic rings. The minimum Gasteiger partial charge on any atom is -0.168 e. The van der Waals surface area contributed by atoms with Gasteiger partial charge in [-0.3, -0.25) is 0 Å². The number of halogens is 3. The van der Waals surface area contributed by atoms with Gasteiger partial charge >= 0.3 is 0 Å². The summed E-state index contributed by atoms with van der Waals surface area (Å²) in [6.45, 7) is 3.26. The highest BCUT2D eigenvalue weighted by Gasteiger charge is 2.18. The van der Waals surface area contributed by atoms with Gasteiger partial charge in [0.05, 0.1) is 0 Å². The van der Waals surface area contributed by atoms with Gasteiger partial charge in [0.15, 0.2) is 7.38 Å². The van der Waals surface area contributed by atoms with Crippen LogP contribution in [0, 0.1) is 0 Å². The highest BCUT2D eigenvalue weighted by Crippen LogP contribution is 2.46. The zero-order valence-electron chi connectivity index (χ0n) is 8.80. The molecule has 0 aromatic heterocycles. The van der Waals surface area contributed by atoms with Gasteiger partial charge < -0.3 is 0 Å². The van der Waals surface area contributed by atoms with Crippen molar-refractivity contribution in [2.75, 3.05) is 0 Å². The normalized spacial score (nSPS) is 12.1. The molecule has 0 bridgehead atoms. The summed E-state index contributed by atoms with van der Waals surface area (Å²) in [5.74, 6) is 0. The first-order valence-electron chi connectivity index (χ1n) is 4.79. The van der Waals surface area contributed by atoms with E-state index in [9.17, 15) is 0 Å². The Balaban J connectivity index is 2.76. The maximum atomic E-state index is 6.29. The first kappa shape index (κ1) is 13.8. The van der Waals surface area contributed by atoms with Crippen LogP contribution in [0.25, 0.3) is 0 Å². The van der Waals surface area contributed by atoms with Gasteiger partial charge in [-0.1, -0.05) is 59.8 Å². The van der Waals surface area contributed by atoms with Crippen LogP contribution in [0.1, 0.15) is 5.56 Å². The van der Waals surface area contributed by atoms with Crippen molar-refractivity contribution < 1.29 is 0 Å². The Hall–Kier alpha value is 0.737. The Bertz CT molecular complexity index is 323. The molecule has 0 radical (unpaired) electrons. The molecule has 0 saturated heterocycles. The average molecular weight is 300 g/mol. The van der Waals surface area contributed by atoms with Gasteiger partial charge in [0.25, 0.3) is 0 Å². The van der Waals surface area contributed by atoms with Crippen LogP contribution in [0.5, 0.6) is 0 Å². The third-order valence-corrected chi connectivity index (χ3v) is 6.06. The molecule has 0 fully saturated rings. The highest BCUT2D eigenvalue weighted by molar-refractivity contribution is 8.08. The molecule has 0 aliphatic rings. The molecule has 0 atom stereocenters. The fourth-order valence-corrected chi connectivity index (χ4v) is 4.06. The Morgan fingerprint density at radius 3 is 2.33 bits per heavy atom. The van der Waals surface area contributed by atoms with Crippen LogP contribution >= 0.6 is 40.2 Å². The molecule has 0 spiro atoms. The Morgan fingerprint density at radius 1 is 1.20 bits per heavy atom. The van der Waals surface area contributed by atoms with Crippen molar-refractivity contribution in [2.24, 2.45) is 0 Å². The van der Waals surface area contributed by atoms with E-state index in [2.05, 4.69) is 19.2 Å². The lowest BCUT2D eigenvalue weighted by Gasteiger charge is -2.14. The minimum atomic E-state index is -1.50. The first-order valence-corrected chi connectivity index (χ1v) is 12.2. The van der Waals surface area contributed by atoms with Crippen molar-refractivity contribution in [1.82, 2.24) is 0 Å². The topological polar surface area (TPSA) is 0 Å².